The van der Waals surface area contributed by atoms with Gasteiger partial charge in [0.25, 0.3) is 0 Å². The highest BCUT2D eigenvalue weighted by molar-refractivity contribution is 5.80. The first kappa shape index (κ1) is 15.1. The summed E-state index contributed by atoms with van der Waals surface area (Å²) in [6.07, 6.45) is 3.71. The zero-order chi connectivity index (χ0) is 15.3. The summed E-state index contributed by atoms with van der Waals surface area (Å²) >= 11 is 0. The molecule has 112 valence electrons. The van der Waals surface area contributed by atoms with Gasteiger partial charge in [0.1, 0.15) is 0 Å². The average Bonchev–Trinajstić information content (AvgIpc) is 2.97. The second kappa shape index (κ2) is 6.43. The molecule has 0 atom stereocenters. The van der Waals surface area contributed by atoms with E-state index in [1.807, 2.05) is 16.9 Å². The fourth-order valence-electron chi connectivity index (χ4n) is 1.91. The SMILES string of the molecule is CN=C(NCc1ccc(-n2cccn2)cc1)NC(C)(C)C. The van der Waals surface area contributed by atoms with Crippen LogP contribution in [-0.2, 0) is 6.54 Å². The Labute approximate surface area is 126 Å². The fourth-order valence-corrected chi connectivity index (χ4v) is 1.91. The Morgan fingerprint density at radius 1 is 1.24 bits per heavy atom. The van der Waals surface area contributed by atoms with Gasteiger partial charge >= 0.3 is 0 Å². The van der Waals surface area contributed by atoms with Crippen LogP contribution in [0.4, 0.5) is 0 Å². The van der Waals surface area contributed by atoms with Crippen molar-refractivity contribution in [2.75, 3.05) is 7.05 Å². The van der Waals surface area contributed by atoms with Crippen molar-refractivity contribution in [3.05, 3.63) is 48.3 Å². The van der Waals surface area contributed by atoms with E-state index in [9.17, 15) is 0 Å². The first-order chi connectivity index (χ1) is 9.98. The molecule has 0 aliphatic rings. The largest absolute Gasteiger partial charge is 0.352 e. The van der Waals surface area contributed by atoms with E-state index in [1.54, 1.807) is 13.2 Å². The van der Waals surface area contributed by atoms with E-state index in [2.05, 4.69) is 65.8 Å². The molecule has 0 aliphatic heterocycles. The number of hydrogen-bond donors (Lipinski definition) is 2. The third-order valence-electron chi connectivity index (χ3n) is 2.88. The van der Waals surface area contributed by atoms with Gasteiger partial charge in [-0.25, -0.2) is 4.68 Å². The van der Waals surface area contributed by atoms with Gasteiger partial charge in [-0.15, -0.1) is 0 Å². The van der Waals surface area contributed by atoms with Crippen LogP contribution in [-0.4, -0.2) is 28.3 Å². The summed E-state index contributed by atoms with van der Waals surface area (Å²) in [5.74, 6) is 0.804. The summed E-state index contributed by atoms with van der Waals surface area (Å²) in [6, 6.07) is 10.2. The predicted molar refractivity (Wildman–Crippen MR) is 86.7 cm³/mol. The molecule has 0 saturated heterocycles. The molecule has 5 nitrogen and oxygen atoms in total. The van der Waals surface area contributed by atoms with Crippen LogP contribution < -0.4 is 10.6 Å². The number of nitrogens with zero attached hydrogens (tertiary/aromatic N) is 3. The molecule has 1 aromatic carbocycles. The Morgan fingerprint density at radius 3 is 2.48 bits per heavy atom. The van der Waals surface area contributed by atoms with Crippen LogP contribution in [0.5, 0.6) is 0 Å². The van der Waals surface area contributed by atoms with Gasteiger partial charge in [0.2, 0.25) is 0 Å². The fraction of sp³-hybridized carbons (Fsp3) is 0.375. The first-order valence-corrected chi connectivity index (χ1v) is 7.06. The van der Waals surface area contributed by atoms with Crippen LogP contribution in [0.15, 0.2) is 47.7 Å². The Kier molecular flexibility index (Phi) is 4.62. The van der Waals surface area contributed by atoms with Crippen molar-refractivity contribution >= 4 is 5.96 Å². The number of benzene rings is 1. The molecule has 0 saturated carbocycles. The van der Waals surface area contributed by atoms with Crippen molar-refractivity contribution in [1.82, 2.24) is 20.4 Å². The Hall–Kier alpha value is -2.30. The number of rotatable bonds is 3. The quantitative estimate of drug-likeness (QED) is 0.672. The maximum Gasteiger partial charge on any atom is 0.191 e. The van der Waals surface area contributed by atoms with Crippen LogP contribution in [0.2, 0.25) is 0 Å². The molecule has 5 heteroatoms. The second-order valence-corrected chi connectivity index (χ2v) is 5.92. The van der Waals surface area contributed by atoms with E-state index in [4.69, 9.17) is 0 Å². The highest BCUT2D eigenvalue weighted by Crippen LogP contribution is 2.08. The van der Waals surface area contributed by atoms with E-state index < -0.39 is 0 Å². The standard InChI is InChI=1S/C16H23N5/c1-16(2,3)20-15(17-4)18-12-13-6-8-14(9-7-13)21-11-5-10-19-21/h5-11H,12H2,1-4H3,(H2,17,18,20). The van der Waals surface area contributed by atoms with E-state index >= 15 is 0 Å². The molecule has 0 amide bonds. The molecule has 1 aromatic heterocycles. The lowest BCUT2D eigenvalue weighted by molar-refractivity contribution is 0.501. The van der Waals surface area contributed by atoms with E-state index in [0.717, 1.165) is 18.2 Å². The zero-order valence-electron chi connectivity index (χ0n) is 13.1. The molecule has 1 heterocycles. The molecule has 0 radical (unpaired) electrons. The summed E-state index contributed by atoms with van der Waals surface area (Å²) in [5.41, 5.74) is 2.25. The molecular formula is C16H23N5. The first-order valence-electron chi connectivity index (χ1n) is 7.06. The van der Waals surface area contributed by atoms with Crippen LogP contribution in [0.3, 0.4) is 0 Å². The normalized spacial score (nSPS) is 12.3. The smallest absolute Gasteiger partial charge is 0.191 e. The summed E-state index contributed by atoms with van der Waals surface area (Å²) < 4.78 is 1.84. The lowest BCUT2D eigenvalue weighted by Gasteiger charge is -2.23. The number of guanidine groups is 1. The van der Waals surface area contributed by atoms with Gasteiger partial charge < -0.3 is 10.6 Å². The van der Waals surface area contributed by atoms with Crippen molar-refractivity contribution < 1.29 is 0 Å². The average molecular weight is 285 g/mol. The maximum absolute atomic E-state index is 4.23. The summed E-state index contributed by atoms with van der Waals surface area (Å²) in [5, 5.41) is 10.9. The number of hydrogen-bond acceptors (Lipinski definition) is 2. The number of aliphatic imine (C=N–C) groups is 1. The minimum Gasteiger partial charge on any atom is -0.352 e. The van der Waals surface area contributed by atoms with Crippen molar-refractivity contribution in [1.29, 1.82) is 0 Å². The van der Waals surface area contributed by atoms with Gasteiger partial charge in [-0.05, 0) is 44.5 Å². The van der Waals surface area contributed by atoms with Crippen LogP contribution in [0.25, 0.3) is 5.69 Å². The number of aromatic nitrogens is 2. The van der Waals surface area contributed by atoms with Gasteiger partial charge in [-0.2, -0.15) is 5.10 Å². The van der Waals surface area contributed by atoms with Crippen molar-refractivity contribution in [2.45, 2.75) is 32.9 Å². The maximum atomic E-state index is 4.23. The topological polar surface area (TPSA) is 54.2 Å². The lowest BCUT2D eigenvalue weighted by atomic mass is 10.1. The molecule has 21 heavy (non-hydrogen) atoms. The molecule has 0 spiro atoms. The molecule has 0 fully saturated rings. The van der Waals surface area contributed by atoms with Crippen molar-refractivity contribution in [3.63, 3.8) is 0 Å². The minimum absolute atomic E-state index is 0.00814. The summed E-state index contributed by atoms with van der Waals surface area (Å²) in [7, 11) is 1.78. The van der Waals surface area contributed by atoms with Gasteiger partial charge in [0.05, 0.1) is 5.69 Å². The van der Waals surface area contributed by atoms with Crippen molar-refractivity contribution in [2.24, 2.45) is 4.99 Å². The zero-order valence-corrected chi connectivity index (χ0v) is 13.1. The highest BCUT2D eigenvalue weighted by Gasteiger charge is 2.11. The molecular weight excluding hydrogens is 262 g/mol. The Bertz CT molecular complexity index is 576. The molecule has 0 bridgehead atoms. The molecule has 2 rings (SSSR count). The summed E-state index contributed by atoms with van der Waals surface area (Å²) in [4.78, 5) is 4.23. The Balaban J connectivity index is 1.95. The third kappa shape index (κ3) is 4.63. The third-order valence-corrected chi connectivity index (χ3v) is 2.88. The van der Waals surface area contributed by atoms with Crippen LogP contribution in [0.1, 0.15) is 26.3 Å². The van der Waals surface area contributed by atoms with Gasteiger partial charge in [0.15, 0.2) is 5.96 Å². The van der Waals surface area contributed by atoms with Gasteiger partial charge in [-0.3, -0.25) is 4.99 Å². The van der Waals surface area contributed by atoms with E-state index in [0.29, 0.717) is 0 Å². The predicted octanol–water partition coefficient (Wildman–Crippen LogP) is 2.34. The van der Waals surface area contributed by atoms with E-state index in [1.165, 1.54) is 5.56 Å². The molecule has 2 aromatic rings. The second-order valence-electron chi connectivity index (χ2n) is 5.92. The van der Waals surface area contributed by atoms with E-state index in [-0.39, 0.29) is 5.54 Å². The molecule has 2 N–H and O–H groups in total. The van der Waals surface area contributed by atoms with Gasteiger partial charge in [-0.1, -0.05) is 12.1 Å². The molecule has 0 unspecified atom stereocenters. The van der Waals surface area contributed by atoms with Crippen LogP contribution >= 0.6 is 0 Å². The molecule has 0 aliphatic carbocycles. The number of nitrogens with one attached hydrogen (secondary N) is 2. The van der Waals surface area contributed by atoms with Crippen molar-refractivity contribution in [3.8, 4) is 5.69 Å². The Morgan fingerprint density at radius 2 is 1.95 bits per heavy atom. The monoisotopic (exact) mass is 285 g/mol. The van der Waals surface area contributed by atoms with Crippen LogP contribution in [0, 0.1) is 0 Å². The lowest BCUT2D eigenvalue weighted by Crippen LogP contribution is -2.47. The van der Waals surface area contributed by atoms with Gasteiger partial charge in [0, 0.05) is 31.5 Å². The minimum atomic E-state index is -0.00814. The summed E-state index contributed by atoms with van der Waals surface area (Å²) in [6.45, 7) is 7.06. The highest BCUT2D eigenvalue weighted by atomic mass is 15.3.